The molecule has 29 heavy (non-hydrogen) atoms. The molecule has 0 fully saturated rings. The van der Waals surface area contributed by atoms with Gasteiger partial charge in [-0.1, -0.05) is 12.1 Å². The van der Waals surface area contributed by atoms with Crippen LogP contribution < -0.4 is 19.5 Å². The van der Waals surface area contributed by atoms with E-state index in [1.54, 1.807) is 44.2 Å². The van der Waals surface area contributed by atoms with Crippen molar-refractivity contribution in [2.45, 2.75) is 13.8 Å². The molecule has 0 radical (unpaired) electrons. The lowest BCUT2D eigenvalue weighted by molar-refractivity contribution is 0.102. The first-order valence-electron chi connectivity index (χ1n) is 8.74. The van der Waals surface area contributed by atoms with Crippen molar-refractivity contribution < 1.29 is 23.4 Å². The molecule has 3 rings (SSSR count). The molecule has 0 atom stereocenters. The van der Waals surface area contributed by atoms with Crippen LogP contribution in [0.4, 0.5) is 10.1 Å². The largest absolute Gasteiger partial charge is 0.493 e. The van der Waals surface area contributed by atoms with E-state index in [-0.39, 0.29) is 17.7 Å². The standard InChI is InChI=1S/C21H20FN3O4/c1-12-19(25-20(26)14-9-10-17(27-3)18(11-14)28-4)13(2)24-21(23-12)29-16-8-6-5-7-15(16)22/h5-11H,1-4H3,(H,25,26). The Morgan fingerprint density at radius 2 is 1.59 bits per heavy atom. The molecule has 2 aromatic carbocycles. The molecule has 0 saturated carbocycles. The van der Waals surface area contributed by atoms with Gasteiger partial charge in [0.25, 0.3) is 5.91 Å². The van der Waals surface area contributed by atoms with Crippen molar-refractivity contribution in [2.24, 2.45) is 0 Å². The van der Waals surface area contributed by atoms with Gasteiger partial charge in [0.2, 0.25) is 0 Å². The maximum atomic E-state index is 13.8. The number of aryl methyl sites for hydroxylation is 2. The summed E-state index contributed by atoms with van der Waals surface area (Å²) in [6, 6.07) is 10.8. The minimum atomic E-state index is -0.516. The number of hydrogen-bond donors (Lipinski definition) is 1. The van der Waals surface area contributed by atoms with E-state index >= 15 is 0 Å². The number of rotatable bonds is 6. The summed E-state index contributed by atoms with van der Waals surface area (Å²) in [7, 11) is 3.02. The van der Waals surface area contributed by atoms with Crippen LogP contribution in [-0.4, -0.2) is 30.1 Å². The Kier molecular flexibility index (Phi) is 5.92. The Balaban J connectivity index is 1.83. The van der Waals surface area contributed by atoms with Crippen LogP contribution in [0.25, 0.3) is 0 Å². The zero-order valence-electron chi connectivity index (χ0n) is 16.4. The number of halogens is 1. The number of amides is 1. The van der Waals surface area contributed by atoms with Crippen LogP contribution >= 0.6 is 0 Å². The molecule has 8 heteroatoms. The molecule has 0 saturated heterocycles. The lowest BCUT2D eigenvalue weighted by Gasteiger charge is -2.13. The van der Waals surface area contributed by atoms with E-state index in [0.717, 1.165) is 0 Å². The second-order valence-electron chi connectivity index (χ2n) is 6.11. The van der Waals surface area contributed by atoms with Crippen LogP contribution in [0, 0.1) is 19.7 Å². The smallest absolute Gasteiger partial charge is 0.322 e. The molecule has 1 heterocycles. The van der Waals surface area contributed by atoms with Crippen LogP contribution in [0.5, 0.6) is 23.3 Å². The van der Waals surface area contributed by atoms with E-state index in [1.807, 2.05) is 0 Å². The van der Waals surface area contributed by atoms with Crippen molar-refractivity contribution >= 4 is 11.6 Å². The quantitative estimate of drug-likeness (QED) is 0.668. The average Bonchev–Trinajstić information content (AvgIpc) is 2.71. The van der Waals surface area contributed by atoms with Crippen LogP contribution in [0.2, 0.25) is 0 Å². The maximum Gasteiger partial charge on any atom is 0.322 e. The Hall–Kier alpha value is -3.68. The summed E-state index contributed by atoms with van der Waals surface area (Å²) in [5.74, 6) is 0.113. The molecule has 0 spiro atoms. The fourth-order valence-corrected chi connectivity index (χ4v) is 2.70. The van der Waals surface area contributed by atoms with Gasteiger partial charge in [-0.3, -0.25) is 4.79 Å². The van der Waals surface area contributed by atoms with Gasteiger partial charge in [0.05, 0.1) is 31.3 Å². The minimum absolute atomic E-state index is 0.00536. The number of nitrogens with one attached hydrogen (secondary N) is 1. The Morgan fingerprint density at radius 3 is 2.21 bits per heavy atom. The second-order valence-corrected chi connectivity index (χ2v) is 6.11. The van der Waals surface area contributed by atoms with Gasteiger partial charge in [-0.15, -0.1) is 0 Å². The van der Waals surface area contributed by atoms with E-state index < -0.39 is 5.82 Å². The van der Waals surface area contributed by atoms with Crippen LogP contribution in [0.15, 0.2) is 42.5 Å². The van der Waals surface area contributed by atoms with Gasteiger partial charge in [0, 0.05) is 5.56 Å². The monoisotopic (exact) mass is 397 g/mol. The number of carbonyl (C=O) groups excluding carboxylic acids is 1. The van der Waals surface area contributed by atoms with Crippen molar-refractivity contribution in [1.29, 1.82) is 0 Å². The van der Waals surface area contributed by atoms with Crippen LogP contribution in [0.1, 0.15) is 21.7 Å². The van der Waals surface area contributed by atoms with Gasteiger partial charge < -0.3 is 19.5 Å². The fourth-order valence-electron chi connectivity index (χ4n) is 2.70. The first kappa shape index (κ1) is 20.1. The van der Waals surface area contributed by atoms with Crippen molar-refractivity contribution in [3.8, 4) is 23.3 Å². The summed E-state index contributed by atoms with van der Waals surface area (Å²) in [6.07, 6.45) is 0. The topological polar surface area (TPSA) is 82.6 Å². The van der Waals surface area contributed by atoms with Crippen molar-refractivity contribution in [3.05, 3.63) is 65.2 Å². The van der Waals surface area contributed by atoms with Gasteiger partial charge in [-0.2, -0.15) is 9.97 Å². The molecule has 1 amide bonds. The van der Waals surface area contributed by atoms with Crippen molar-refractivity contribution in [3.63, 3.8) is 0 Å². The number of para-hydroxylation sites is 1. The first-order chi connectivity index (χ1) is 13.9. The van der Waals surface area contributed by atoms with Gasteiger partial charge in [-0.25, -0.2) is 4.39 Å². The van der Waals surface area contributed by atoms with E-state index in [2.05, 4.69) is 15.3 Å². The highest BCUT2D eigenvalue weighted by Gasteiger charge is 2.16. The number of aromatic nitrogens is 2. The number of anilines is 1. The zero-order chi connectivity index (χ0) is 21.0. The van der Waals surface area contributed by atoms with Gasteiger partial charge in [-0.05, 0) is 44.2 Å². The van der Waals surface area contributed by atoms with Crippen molar-refractivity contribution in [1.82, 2.24) is 9.97 Å². The normalized spacial score (nSPS) is 10.4. The van der Waals surface area contributed by atoms with Crippen molar-refractivity contribution in [2.75, 3.05) is 19.5 Å². The molecule has 1 aromatic heterocycles. The SMILES string of the molecule is COc1ccc(C(=O)Nc2c(C)nc(Oc3ccccc3F)nc2C)cc1OC. The van der Waals surface area contributed by atoms with Gasteiger partial charge in [0.1, 0.15) is 0 Å². The first-order valence-corrected chi connectivity index (χ1v) is 8.74. The summed E-state index contributed by atoms with van der Waals surface area (Å²) in [6.45, 7) is 3.40. The number of hydrogen-bond acceptors (Lipinski definition) is 6. The molecule has 0 bridgehead atoms. The second kappa shape index (κ2) is 8.55. The van der Waals surface area contributed by atoms with Crippen LogP contribution in [0.3, 0.4) is 0 Å². The number of benzene rings is 2. The molecule has 7 nitrogen and oxygen atoms in total. The molecule has 3 aromatic rings. The molecule has 0 aliphatic rings. The van der Waals surface area contributed by atoms with Gasteiger partial charge >= 0.3 is 6.01 Å². The minimum Gasteiger partial charge on any atom is -0.493 e. The summed E-state index contributed by atoms with van der Waals surface area (Å²) in [5.41, 5.74) is 1.80. The predicted octanol–water partition coefficient (Wildman–Crippen LogP) is 4.29. The number of nitrogens with zero attached hydrogens (tertiary/aromatic N) is 2. The predicted molar refractivity (Wildman–Crippen MR) is 105 cm³/mol. The third-order valence-electron chi connectivity index (χ3n) is 4.17. The Labute approximate surface area is 167 Å². The highest BCUT2D eigenvalue weighted by Crippen LogP contribution is 2.29. The summed E-state index contributed by atoms with van der Waals surface area (Å²) >= 11 is 0. The summed E-state index contributed by atoms with van der Waals surface area (Å²) in [5, 5.41) is 2.80. The van der Waals surface area contributed by atoms with E-state index in [4.69, 9.17) is 14.2 Å². The number of ether oxygens (including phenoxy) is 3. The number of carbonyl (C=O) groups is 1. The molecular weight excluding hydrogens is 377 g/mol. The van der Waals surface area contributed by atoms with E-state index in [0.29, 0.717) is 34.1 Å². The zero-order valence-corrected chi connectivity index (χ0v) is 16.4. The Bertz CT molecular complexity index is 1030. The molecule has 1 N–H and O–H groups in total. The lowest BCUT2D eigenvalue weighted by Crippen LogP contribution is -2.15. The number of methoxy groups -OCH3 is 2. The Morgan fingerprint density at radius 1 is 0.931 bits per heavy atom. The van der Waals surface area contributed by atoms with E-state index in [9.17, 15) is 9.18 Å². The molecule has 0 aliphatic heterocycles. The van der Waals surface area contributed by atoms with E-state index in [1.165, 1.54) is 26.4 Å². The maximum absolute atomic E-state index is 13.8. The molecule has 0 aliphatic carbocycles. The summed E-state index contributed by atoms with van der Waals surface area (Å²) < 4.78 is 29.6. The van der Waals surface area contributed by atoms with Gasteiger partial charge in [0.15, 0.2) is 23.1 Å². The molecule has 150 valence electrons. The lowest BCUT2D eigenvalue weighted by atomic mass is 10.1. The highest BCUT2D eigenvalue weighted by atomic mass is 19.1. The summed E-state index contributed by atoms with van der Waals surface area (Å²) in [4.78, 5) is 21.1. The highest BCUT2D eigenvalue weighted by molar-refractivity contribution is 6.05. The van der Waals surface area contributed by atoms with Crippen LogP contribution in [-0.2, 0) is 0 Å². The average molecular weight is 397 g/mol. The third-order valence-corrected chi connectivity index (χ3v) is 4.17. The molecular formula is C21H20FN3O4. The third kappa shape index (κ3) is 4.43. The fraction of sp³-hybridized carbons (Fsp3) is 0.190. The molecule has 0 unspecified atom stereocenters.